The standard InChI is InChI=1S/C20H21NO4S/c22-18(13-6-2-1-3-7-13)17-14-8-4-5-9-16(14)26-20(17)21-19(23)15-12-24-10-11-25-15/h1-3,6-7,15H,4-5,8-12H2,(H,21,23)/t15-/m0/s1. The third-order valence-corrected chi connectivity index (χ3v) is 5.99. The molecular formula is C20H21NO4S. The van der Waals surface area contributed by atoms with Crippen molar-refractivity contribution in [2.45, 2.75) is 31.8 Å². The van der Waals surface area contributed by atoms with Crippen LogP contribution in [0, 0.1) is 0 Å². The molecule has 1 fully saturated rings. The van der Waals surface area contributed by atoms with E-state index in [1.165, 1.54) is 16.2 Å². The summed E-state index contributed by atoms with van der Waals surface area (Å²) >= 11 is 1.53. The Morgan fingerprint density at radius 2 is 1.88 bits per heavy atom. The molecule has 0 spiro atoms. The van der Waals surface area contributed by atoms with E-state index in [9.17, 15) is 9.59 Å². The number of amides is 1. The van der Waals surface area contributed by atoms with Gasteiger partial charge in [-0.3, -0.25) is 9.59 Å². The molecule has 136 valence electrons. The minimum absolute atomic E-state index is 0.0267. The lowest BCUT2D eigenvalue weighted by atomic mass is 9.92. The molecule has 4 rings (SSSR count). The number of rotatable bonds is 4. The molecular weight excluding hydrogens is 350 g/mol. The third kappa shape index (κ3) is 3.45. The van der Waals surface area contributed by atoms with Gasteiger partial charge in [0, 0.05) is 10.4 Å². The van der Waals surface area contributed by atoms with Crippen LogP contribution in [0.4, 0.5) is 5.00 Å². The predicted molar refractivity (Wildman–Crippen MR) is 100 cm³/mol. The molecule has 0 radical (unpaired) electrons. The maximum absolute atomic E-state index is 13.2. The number of fused-ring (bicyclic) bond motifs is 1. The van der Waals surface area contributed by atoms with Crippen LogP contribution in [0.25, 0.3) is 0 Å². The number of hydrogen-bond acceptors (Lipinski definition) is 5. The summed E-state index contributed by atoms with van der Waals surface area (Å²) in [6.07, 6.45) is 3.43. The number of hydrogen-bond donors (Lipinski definition) is 1. The van der Waals surface area contributed by atoms with E-state index < -0.39 is 6.10 Å². The van der Waals surface area contributed by atoms with Crippen molar-refractivity contribution >= 4 is 28.0 Å². The molecule has 1 amide bonds. The molecule has 6 heteroatoms. The quantitative estimate of drug-likeness (QED) is 0.838. The van der Waals surface area contributed by atoms with Crippen molar-refractivity contribution in [3.05, 3.63) is 51.9 Å². The van der Waals surface area contributed by atoms with Gasteiger partial charge in [0.2, 0.25) is 0 Å². The van der Waals surface area contributed by atoms with E-state index in [4.69, 9.17) is 9.47 Å². The molecule has 0 saturated carbocycles. The highest BCUT2D eigenvalue weighted by Crippen LogP contribution is 2.39. The smallest absolute Gasteiger partial charge is 0.256 e. The van der Waals surface area contributed by atoms with Crippen molar-refractivity contribution in [3.8, 4) is 0 Å². The van der Waals surface area contributed by atoms with Crippen molar-refractivity contribution in [1.82, 2.24) is 0 Å². The topological polar surface area (TPSA) is 64.6 Å². The Labute approximate surface area is 156 Å². The van der Waals surface area contributed by atoms with Gasteiger partial charge in [0.25, 0.3) is 5.91 Å². The first-order valence-electron chi connectivity index (χ1n) is 8.98. The van der Waals surface area contributed by atoms with Gasteiger partial charge >= 0.3 is 0 Å². The minimum atomic E-state index is -0.623. The van der Waals surface area contributed by atoms with Crippen LogP contribution >= 0.6 is 11.3 Å². The summed E-state index contributed by atoms with van der Waals surface area (Å²) in [6, 6.07) is 9.25. The van der Waals surface area contributed by atoms with Crippen molar-refractivity contribution in [2.24, 2.45) is 0 Å². The fraction of sp³-hybridized carbons (Fsp3) is 0.400. The number of carbonyl (C=O) groups is 2. The Morgan fingerprint density at radius 1 is 1.08 bits per heavy atom. The highest BCUT2D eigenvalue weighted by molar-refractivity contribution is 7.17. The largest absolute Gasteiger partial charge is 0.376 e. The summed E-state index contributed by atoms with van der Waals surface area (Å²) in [5.74, 6) is -0.272. The number of nitrogens with one attached hydrogen (secondary N) is 1. The second kappa shape index (κ2) is 7.70. The van der Waals surface area contributed by atoms with E-state index in [2.05, 4.69) is 5.32 Å². The lowest BCUT2D eigenvalue weighted by Gasteiger charge is -2.22. The molecule has 26 heavy (non-hydrogen) atoms. The molecule has 0 bridgehead atoms. The molecule has 1 atom stereocenters. The van der Waals surface area contributed by atoms with Crippen LogP contribution in [-0.4, -0.2) is 37.6 Å². The van der Waals surface area contributed by atoms with Gasteiger partial charge in [0.1, 0.15) is 5.00 Å². The summed E-state index contributed by atoms with van der Waals surface area (Å²) in [5.41, 5.74) is 2.40. The molecule has 5 nitrogen and oxygen atoms in total. The highest BCUT2D eigenvalue weighted by atomic mass is 32.1. The molecule has 2 aromatic rings. The van der Waals surface area contributed by atoms with Crippen LogP contribution in [-0.2, 0) is 27.1 Å². The zero-order valence-electron chi connectivity index (χ0n) is 14.5. The van der Waals surface area contributed by atoms with Gasteiger partial charge in [-0.05, 0) is 31.2 Å². The normalized spacial score (nSPS) is 19.6. The Morgan fingerprint density at radius 3 is 2.65 bits per heavy atom. The Bertz CT molecular complexity index is 809. The van der Waals surface area contributed by atoms with E-state index in [0.29, 0.717) is 29.3 Å². The number of ether oxygens (including phenoxy) is 2. The summed E-state index contributed by atoms with van der Waals surface area (Å²) in [6.45, 7) is 1.17. The first-order chi connectivity index (χ1) is 12.7. The summed E-state index contributed by atoms with van der Waals surface area (Å²) < 4.78 is 10.8. The van der Waals surface area contributed by atoms with Crippen molar-refractivity contribution < 1.29 is 19.1 Å². The molecule has 0 unspecified atom stereocenters. The summed E-state index contributed by atoms with van der Waals surface area (Å²) in [4.78, 5) is 26.9. The second-order valence-corrected chi connectivity index (χ2v) is 7.64. The van der Waals surface area contributed by atoms with Crippen LogP contribution in [0.3, 0.4) is 0 Å². The molecule has 2 aliphatic rings. The van der Waals surface area contributed by atoms with Gasteiger partial charge < -0.3 is 14.8 Å². The van der Waals surface area contributed by atoms with Crippen LogP contribution in [0.1, 0.15) is 39.2 Å². The molecule has 2 heterocycles. The summed E-state index contributed by atoms with van der Waals surface area (Å²) in [7, 11) is 0. The van der Waals surface area contributed by atoms with Crippen LogP contribution < -0.4 is 5.32 Å². The minimum Gasteiger partial charge on any atom is -0.376 e. The van der Waals surface area contributed by atoms with E-state index >= 15 is 0 Å². The van der Waals surface area contributed by atoms with Crippen molar-refractivity contribution in [2.75, 3.05) is 25.1 Å². The van der Waals surface area contributed by atoms with Crippen molar-refractivity contribution in [3.63, 3.8) is 0 Å². The van der Waals surface area contributed by atoms with Crippen molar-refractivity contribution in [1.29, 1.82) is 0 Å². The van der Waals surface area contributed by atoms with Gasteiger partial charge in [0.05, 0.1) is 25.4 Å². The van der Waals surface area contributed by atoms with E-state index in [-0.39, 0.29) is 18.3 Å². The zero-order chi connectivity index (χ0) is 17.9. The molecule has 1 N–H and O–H groups in total. The van der Waals surface area contributed by atoms with Gasteiger partial charge in [0.15, 0.2) is 11.9 Å². The number of thiophene rings is 1. The third-order valence-electron chi connectivity index (χ3n) is 4.78. The highest BCUT2D eigenvalue weighted by Gasteiger charge is 2.29. The molecule has 1 aliphatic heterocycles. The van der Waals surface area contributed by atoms with Gasteiger partial charge in [-0.1, -0.05) is 30.3 Å². The number of ketones is 1. The molecule has 1 aromatic heterocycles. The van der Waals surface area contributed by atoms with Gasteiger partial charge in [-0.15, -0.1) is 11.3 Å². The van der Waals surface area contributed by atoms with Crippen LogP contribution in [0.15, 0.2) is 30.3 Å². The fourth-order valence-electron chi connectivity index (χ4n) is 3.46. The zero-order valence-corrected chi connectivity index (χ0v) is 15.3. The Balaban J connectivity index is 1.66. The lowest BCUT2D eigenvalue weighted by molar-refractivity contribution is -0.142. The van der Waals surface area contributed by atoms with Crippen LogP contribution in [0.5, 0.6) is 0 Å². The number of aryl methyl sites for hydroxylation is 1. The fourth-order valence-corrected chi connectivity index (χ4v) is 4.75. The molecule has 1 saturated heterocycles. The SMILES string of the molecule is O=C(c1ccccc1)c1c(NC(=O)[C@@H]2COCCO2)sc2c1CCCC2. The van der Waals surface area contributed by atoms with Crippen LogP contribution in [0.2, 0.25) is 0 Å². The number of carbonyl (C=O) groups excluding carboxylic acids is 2. The van der Waals surface area contributed by atoms with Gasteiger partial charge in [-0.25, -0.2) is 0 Å². The first kappa shape index (κ1) is 17.4. The Kier molecular flexibility index (Phi) is 5.15. The van der Waals surface area contributed by atoms with Gasteiger partial charge in [-0.2, -0.15) is 0 Å². The maximum atomic E-state index is 13.2. The second-order valence-electron chi connectivity index (χ2n) is 6.53. The maximum Gasteiger partial charge on any atom is 0.256 e. The van der Waals surface area contributed by atoms with E-state index in [1.807, 2.05) is 30.3 Å². The molecule has 1 aromatic carbocycles. The van der Waals surface area contributed by atoms with E-state index in [1.54, 1.807) is 0 Å². The lowest BCUT2D eigenvalue weighted by Crippen LogP contribution is -2.39. The monoisotopic (exact) mass is 371 g/mol. The van der Waals surface area contributed by atoms with E-state index in [0.717, 1.165) is 31.2 Å². The Hall–Kier alpha value is -2.02. The predicted octanol–water partition coefficient (Wildman–Crippen LogP) is 3.21. The summed E-state index contributed by atoms with van der Waals surface area (Å²) in [5, 5.41) is 3.59. The number of benzene rings is 1. The number of anilines is 1. The first-order valence-corrected chi connectivity index (χ1v) is 9.80. The average Bonchev–Trinajstić information content (AvgIpc) is 3.06. The molecule has 1 aliphatic carbocycles. The average molecular weight is 371 g/mol.